The van der Waals surface area contributed by atoms with Crippen LogP contribution in [0.2, 0.25) is 0 Å². The molecule has 0 N–H and O–H groups in total. The summed E-state index contributed by atoms with van der Waals surface area (Å²) in [4.78, 5) is 2.70. The second-order valence-corrected chi connectivity index (χ2v) is 15.7. The van der Waals surface area contributed by atoms with E-state index < -0.39 is 0 Å². The molecule has 1 heterocycles. The lowest BCUT2D eigenvalue weighted by Crippen LogP contribution is -2.27. The van der Waals surface area contributed by atoms with Crippen molar-refractivity contribution in [2.45, 2.75) is 96.9 Å². The van der Waals surface area contributed by atoms with Crippen molar-refractivity contribution >= 4 is 17.0 Å². The topological polar surface area (TPSA) is 8.17 Å². The van der Waals surface area contributed by atoms with E-state index in [2.05, 4.69) is 120 Å². The molecular weight excluding hydrogens is 569 g/mol. The zero-order valence-corrected chi connectivity index (χ0v) is 28.4. The predicted octanol–water partition coefficient (Wildman–Crippen LogP) is 11.8. The van der Waals surface area contributed by atoms with Crippen LogP contribution in [0, 0.1) is 23.2 Å². The Morgan fingerprint density at radius 3 is 2.64 bits per heavy atom. The van der Waals surface area contributed by atoms with E-state index in [4.69, 9.17) is 0 Å². The van der Waals surface area contributed by atoms with E-state index in [1.165, 1.54) is 90.6 Å². The Balaban J connectivity index is 1.01. The van der Waals surface area contributed by atoms with E-state index in [9.17, 15) is 0 Å². The number of nitrogens with zero attached hydrogens (tertiary/aromatic N) is 2. The van der Waals surface area contributed by atoms with Crippen molar-refractivity contribution in [2.75, 3.05) is 0 Å². The van der Waals surface area contributed by atoms with Crippen LogP contribution >= 0.6 is 0 Å². The molecule has 0 aliphatic heterocycles. The third-order valence-corrected chi connectivity index (χ3v) is 12.8. The smallest absolute Gasteiger partial charge is 0.0525 e. The molecule has 4 atom stereocenters. The monoisotopic (exact) mass is 618 g/mol. The summed E-state index contributed by atoms with van der Waals surface area (Å²) >= 11 is 0. The standard InChI is InChI=1S/C45H50N2/c1-45(2)41-20-9-6-17-37(41)38-28-27-36(30-42(38)45)46(33-14-4-3-5-15-33)34-25-23-31(24-26-34)32-13-12-16-35(29-32)47-43-21-10-7-18-39(43)40-19-8-11-22-44(40)47/h6-10,12,14,16-19,21,23,25,27,30,32,35,38,41H,3-5,11,13,15,20,22,24,26,28-29H2,1-2H3. The van der Waals surface area contributed by atoms with Gasteiger partial charge in [-0.25, -0.2) is 0 Å². The molecule has 1 aromatic carbocycles. The lowest BCUT2D eigenvalue weighted by Gasteiger charge is -2.38. The largest absolute Gasteiger partial charge is 0.337 e. The molecule has 7 aliphatic carbocycles. The fraction of sp³-hybridized carbons (Fsp3) is 0.422. The lowest BCUT2D eigenvalue weighted by atomic mass is 9.74. The van der Waals surface area contributed by atoms with E-state index in [1.807, 2.05) is 0 Å². The van der Waals surface area contributed by atoms with Gasteiger partial charge in [-0.05, 0) is 113 Å². The van der Waals surface area contributed by atoms with Crippen molar-refractivity contribution in [3.05, 3.63) is 136 Å². The van der Waals surface area contributed by atoms with E-state index in [0.717, 1.165) is 25.7 Å². The molecule has 1 fully saturated rings. The maximum absolute atomic E-state index is 2.70. The highest BCUT2D eigenvalue weighted by molar-refractivity contribution is 5.92. The van der Waals surface area contributed by atoms with Gasteiger partial charge < -0.3 is 9.47 Å². The van der Waals surface area contributed by atoms with Gasteiger partial charge in [-0.2, -0.15) is 0 Å². The molecule has 240 valence electrons. The molecule has 0 saturated heterocycles. The fourth-order valence-corrected chi connectivity index (χ4v) is 10.4. The number of fused-ring (bicyclic) bond motifs is 6. The van der Waals surface area contributed by atoms with Crippen LogP contribution in [-0.4, -0.2) is 9.47 Å². The molecule has 2 nitrogen and oxygen atoms in total. The Morgan fingerprint density at radius 2 is 1.77 bits per heavy atom. The molecule has 0 spiro atoms. The molecule has 0 amide bonds. The summed E-state index contributed by atoms with van der Waals surface area (Å²) in [6.07, 6.45) is 44.0. The maximum Gasteiger partial charge on any atom is 0.0525 e. The van der Waals surface area contributed by atoms with Gasteiger partial charge in [0.15, 0.2) is 0 Å². The Labute approximate surface area is 282 Å². The Hall–Kier alpha value is -3.78. The van der Waals surface area contributed by atoms with Crippen LogP contribution < -0.4 is 0 Å². The summed E-state index contributed by atoms with van der Waals surface area (Å²) in [5.74, 6) is 1.85. The third kappa shape index (κ3) is 4.89. The molecule has 0 bridgehead atoms. The molecule has 2 heteroatoms. The van der Waals surface area contributed by atoms with Gasteiger partial charge in [0, 0.05) is 45.2 Å². The minimum Gasteiger partial charge on any atom is -0.337 e. The number of hydrogen-bond acceptors (Lipinski definition) is 1. The van der Waals surface area contributed by atoms with Crippen LogP contribution in [0.15, 0.2) is 125 Å². The van der Waals surface area contributed by atoms with Crippen LogP contribution in [0.1, 0.15) is 102 Å². The van der Waals surface area contributed by atoms with E-state index in [0.29, 0.717) is 23.8 Å². The van der Waals surface area contributed by atoms with E-state index >= 15 is 0 Å². The first kappa shape index (κ1) is 29.4. The van der Waals surface area contributed by atoms with Gasteiger partial charge in [-0.1, -0.05) is 110 Å². The number of aromatic nitrogens is 1. The second kappa shape index (κ2) is 11.7. The first-order valence-corrected chi connectivity index (χ1v) is 18.7. The summed E-state index contributed by atoms with van der Waals surface area (Å²) in [7, 11) is 0. The molecule has 47 heavy (non-hydrogen) atoms. The SMILES string of the molecule is CC1(C)C2=CC(N(C3=CCCCC3)C3=CC=C(C4CC=CC(n5c6c(c7ccccc75)C=CCC6)C4)CC3)=CCC2C2=CC=CCC21. The van der Waals surface area contributed by atoms with Crippen molar-refractivity contribution in [2.24, 2.45) is 23.2 Å². The number of para-hydroxylation sites is 1. The quantitative estimate of drug-likeness (QED) is 0.303. The van der Waals surface area contributed by atoms with Crippen LogP contribution in [0.5, 0.6) is 0 Å². The number of hydrogen-bond donors (Lipinski definition) is 0. The van der Waals surface area contributed by atoms with Crippen LogP contribution in [0.25, 0.3) is 17.0 Å². The molecule has 2 aromatic rings. The predicted molar refractivity (Wildman–Crippen MR) is 197 cm³/mol. The van der Waals surface area contributed by atoms with Crippen molar-refractivity contribution in [3.8, 4) is 0 Å². The van der Waals surface area contributed by atoms with Gasteiger partial charge in [-0.3, -0.25) is 0 Å². The summed E-state index contributed by atoms with van der Waals surface area (Å²) < 4.78 is 2.70. The zero-order valence-electron chi connectivity index (χ0n) is 28.4. The Bertz CT molecular complexity index is 1890. The van der Waals surface area contributed by atoms with Crippen molar-refractivity contribution < 1.29 is 0 Å². The minimum atomic E-state index is 0.215. The fourth-order valence-electron chi connectivity index (χ4n) is 10.4. The molecule has 4 unspecified atom stereocenters. The molecule has 1 saturated carbocycles. The van der Waals surface area contributed by atoms with Crippen molar-refractivity contribution in [1.29, 1.82) is 0 Å². The van der Waals surface area contributed by atoms with Crippen LogP contribution in [0.4, 0.5) is 0 Å². The Kier molecular flexibility index (Phi) is 7.33. The summed E-state index contributed by atoms with van der Waals surface area (Å²) in [5, 5.41) is 1.42. The van der Waals surface area contributed by atoms with Crippen molar-refractivity contribution in [3.63, 3.8) is 0 Å². The van der Waals surface area contributed by atoms with Gasteiger partial charge in [0.2, 0.25) is 0 Å². The lowest BCUT2D eigenvalue weighted by molar-refractivity contribution is 0.340. The van der Waals surface area contributed by atoms with Crippen LogP contribution in [0.3, 0.4) is 0 Å². The average molecular weight is 619 g/mol. The van der Waals surface area contributed by atoms with E-state index in [-0.39, 0.29) is 5.41 Å². The van der Waals surface area contributed by atoms with Gasteiger partial charge in [0.25, 0.3) is 0 Å². The van der Waals surface area contributed by atoms with Crippen molar-refractivity contribution in [1.82, 2.24) is 9.47 Å². The molecule has 7 aliphatic rings. The highest BCUT2D eigenvalue weighted by Crippen LogP contribution is 2.59. The average Bonchev–Trinajstić information content (AvgIpc) is 3.58. The molecule has 1 aromatic heterocycles. The summed E-state index contributed by atoms with van der Waals surface area (Å²) in [6.45, 7) is 5.01. The molecule has 0 radical (unpaired) electrons. The van der Waals surface area contributed by atoms with Gasteiger partial charge in [0.1, 0.15) is 0 Å². The number of benzene rings is 1. The van der Waals surface area contributed by atoms with Gasteiger partial charge in [-0.15, -0.1) is 0 Å². The molecular formula is C45H50N2. The normalized spacial score (nSPS) is 29.1. The van der Waals surface area contributed by atoms with E-state index in [1.54, 1.807) is 16.7 Å². The minimum absolute atomic E-state index is 0.215. The first-order chi connectivity index (χ1) is 23.1. The highest BCUT2D eigenvalue weighted by atomic mass is 15.2. The third-order valence-electron chi connectivity index (χ3n) is 12.8. The highest BCUT2D eigenvalue weighted by Gasteiger charge is 2.48. The summed E-state index contributed by atoms with van der Waals surface area (Å²) in [6, 6.07) is 9.51. The van der Waals surface area contributed by atoms with Crippen LogP contribution in [-0.2, 0) is 6.42 Å². The summed E-state index contributed by atoms with van der Waals surface area (Å²) in [5.41, 5.74) is 14.1. The number of rotatable bonds is 5. The Morgan fingerprint density at radius 1 is 0.830 bits per heavy atom. The second-order valence-electron chi connectivity index (χ2n) is 15.7. The molecule has 9 rings (SSSR count). The maximum atomic E-state index is 2.70. The van der Waals surface area contributed by atoms with Gasteiger partial charge in [0.05, 0.1) is 6.04 Å². The zero-order chi connectivity index (χ0) is 31.5. The number of allylic oxidation sites excluding steroid dienone is 16. The van der Waals surface area contributed by atoms with Gasteiger partial charge >= 0.3 is 0 Å². The first-order valence-electron chi connectivity index (χ1n) is 18.7.